The molecule has 0 amide bonds. The normalized spacial score (nSPS) is 30.6. The van der Waals surface area contributed by atoms with E-state index < -0.39 is 0 Å². The van der Waals surface area contributed by atoms with E-state index in [1.165, 1.54) is 19.4 Å². The third kappa shape index (κ3) is 1.88. The van der Waals surface area contributed by atoms with Gasteiger partial charge in [-0.25, -0.2) is 4.98 Å². The number of hydrogen-bond acceptors (Lipinski definition) is 5. The molecule has 2 fully saturated rings. The Morgan fingerprint density at radius 2 is 2.56 bits per heavy atom. The lowest BCUT2D eigenvalue weighted by atomic mass is 10.2. The van der Waals surface area contributed by atoms with Crippen LogP contribution in [0.15, 0.2) is 6.20 Å². The number of ether oxygens (including phenoxy) is 1. The van der Waals surface area contributed by atoms with Gasteiger partial charge >= 0.3 is 0 Å². The van der Waals surface area contributed by atoms with Crippen molar-refractivity contribution in [3.63, 3.8) is 0 Å². The van der Waals surface area contributed by atoms with Gasteiger partial charge < -0.3 is 9.84 Å². The third-order valence-corrected chi connectivity index (χ3v) is 4.47. The Morgan fingerprint density at radius 3 is 3.38 bits per heavy atom. The van der Waals surface area contributed by atoms with Crippen LogP contribution in [0.5, 0.6) is 0 Å². The van der Waals surface area contributed by atoms with E-state index in [0.717, 1.165) is 23.0 Å². The highest BCUT2D eigenvalue weighted by Crippen LogP contribution is 2.31. The quantitative estimate of drug-likeness (QED) is 0.843. The summed E-state index contributed by atoms with van der Waals surface area (Å²) in [6.07, 6.45) is 4.42. The zero-order valence-electron chi connectivity index (χ0n) is 9.13. The van der Waals surface area contributed by atoms with Crippen LogP contribution in [0, 0.1) is 0 Å². The van der Waals surface area contributed by atoms with Crippen molar-refractivity contribution in [3.05, 3.63) is 16.1 Å². The summed E-state index contributed by atoms with van der Waals surface area (Å²) in [5.74, 6) is 0. The van der Waals surface area contributed by atoms with E-state index in [9.17, 15) is 0 Å². The van der Waals surface area contributed by atoms with Crippen molar-refractivity contribution in [2.75, 3.05) is 19.7 Å². The lowest BCUT2D eigenvalue weighted by Gasteiger charge is -2.34. The molecule has 0 bridgehead atoms. The predicted molar refractivity (Wildman–Crippen MR) is 61.3 cm³/mol. The van der Waals surface area contributed by atoms with Crippen molar-refractivity contribution in [2.45, 2.75) is 31.6 Å². The van der Waals surface area contributed by atoms with Gasteiger partial charge in [0.25, 0.3) is 0 Å². The van der Waals surface area contributed by atoms with Crippen LogP contribution in [0.2, 0.25) is 0 Å². The molecule has 2 saturated heterocycles. The van der Waals surface area contributed by atoms with Crippen LogP contribution in [0.3, 0.4) is 0 Å². The van der Waals surface area contributed by atoms with Gasteiger partial charge in [0.1, 0.15) is 11.1 Å². The predicted octanol–water partition coefficient (Wildman–Crippen LogP) is 1.17. The molecule has 0 saturated carbocycles. The van der Waals surface area contributed by atoms with E-state index in [2.05, 4.69) is 9.88 Å². The molecule has 3 heterocycles. The summed E-state index contributed by atoms with van der Waals surface area (Å²) in [5, 5.41) is 10.0. The maximum absolute atomic E-state index is 9.02. The van der Waals surface area contributed by atoms with Gasteiger partial charge in [-0.05, 0) is 19.4 Å². The maximum Gasteiger partial charge on any atom is 0.123 e. The molecule has 2 unspecified atom stereocenters. The van der Waals surface area contributed by atoms with Crippen molar-refractivity contribution in [1.82, 2.24) is 9.88 Å². The molecule has 2 atom stereocenters. The fourth-order valence-corrected chi connectivity index (χ4v) is 3.33. The molecule has 4 nitrogen and oxygen atoms in total. The zero-order chi connectivity index (χ0) is 11.0. The summed E-state index contributed by atoms with van der Waals surface area (Å²) >= 11 is 1.56. The number of aliphatic hydroxyl groups excluding tert-OH is 1. The number of rotatable bonds is 2. The highest BCUT2D eigenvalue weighted by molar-refractivity contribution is 7.11. The Kier molecular flexibility index (Phi) is 2.93. The first-order valence-corrected chi connectivity index (χ1v) is 6.59. The van der Waals surface area contributed by atoms with Gasteiger partial charge in [0, 0.05) is 18.8 Å². The van der Waals surface area contributed by atoms with Gasteiger partial charge in [0.2, 0.25) is 0 Å². The van der Waals surface area contributed by atoms with E-state index in [0.29, 0.717) is 6.04 Å². The van der Waals surface area contributed by atoms with E-state index in [-0.39, 0.29) is 12.7 Å². The third-order valence-electron chi connectivity index (χ3n) is 3.39. The van der Waals surface area contributed by atoms with Crippen LogP contribution in [-0.2, 0) is 11.3 Å². The van der Waals surface area contributed by atoms with Gasteiger partial charge in [0.15, 0.2) is 0 Å². The second-order valence-corrected chi connectivity index (χ2v) is 5.58. The summed E-state index contributed by atoms with van der Waals surface area (Å²) in [4.78, 5) is 7.76. The zero-order valence-corrected chi connectivity index (χ0v) is 9.95. The molecule has 0 aromatic carbocycles. The summed E-state index contributed by atoms with van der Waals surface area (Å²) in [6, 6.07) is 0.633. The van der Waals surface area contributed by atoms with Crippen LogP contribution in [0.25, 0.3) is 0 Å². The molecular weight excluding hydrogens is 224 g/mol. The van der Waals surface area contributed by atoms with E-state index >= 15 is 0 Å². The topological polar surface area (TPSA) is 45.6 Å². The highest BCUT2D eigenvalue weighted by Gasteiger charge is 2.33. The van der Waals surface area contributed by atoms with Crippen LogP contribution < -0.4 is 0 Å². The van der Waals surface area contributed by atoms with Crippen molar-refractivity contribution in [2.24, 2.45) is 0 Å². The second-order valence-electron chi connectivity index (χ2n) is 4.44. The van der Waals surface area contributed by atoms with Gasteiger partial charge in [-0.15, -0.1) is 11.3 Å². The van der Waals surface area contributed by atoms with Gasteiger partial charge in [-0.2, -0.15) is 0 Å². The molecule has 2 aliphatic rings. The first-order valence-electron chi connectivity index (χ1n) is 5.78. The standard InChI is InChI=1S/C11H16N2O2S/c14-6-9-4-12-11(16-9)10-5-13-3-1-2-8(13)7-15-10/h4,8,10,14H,1-3,5-7H2. The van der Waals surface area contributed by atoms with Gasteiger partial charge in [0.05, 0.1) is 18.1 Å². The Balaban J connectivity index is 1.71. The van der Waals surface area contributed by atoms with Crippen LogP contribution in [0.4, 0.5) is 0 Å². The Labute approximate surface area is 98.9 Å². The number of thiazole rings is 1. The summed E-state index contributed by atoms with van der Waals surface area (Å²) in [7, 11) is 0. The summed E-state index contributed by atoms with van der Waals surface area (Å²) < 4.78 is 5.86. The fraction of sp³-hybridized carbons (Fsp3) is 0.727. The Bertz CT molecular complexity index is 369. The summed E-state index contributed by atoms with van der Waals surface area (Å²) in [6.45, 7) is 3.07. The first-order chi connectivity index (χ1) is 7.86. The van der Waals surface area contributed by atoms with Crippen LogP contribution in [-0.4, -0.2) is 40.7 Å². The van der Waals surface area contributed by atoms with Crippen molar-refractivity contribution < 1.29 is 9.84 Å². The molecule has 3 rings (SSSR count). The molecule has 88 valence electrons. The average molecular weight is 240 g/mol. The minimum Gasteiger partial charge on any atom is -0.391 e. The lowest BCUT2D eigenvalue weighted by molar-refractivity contribution is -0.0502. The smallest absolute Gasteiger partial charge is 0.123 e. The molecule has 1 aromatic heterocycles. The van der Waals surface area contributed by atoms with E-state index in [4.69, 9.17) is 9.84 Å². The second kappa shape index (κ2) is 4.41. The number of aliphatic hydroxyl groups is 1. The minimum atomic E-state index is 0.0801. The number of fused-ring (bicyclic) bond motifs is 1. The molecule has 1 N–H and O–H groups in total. The Morgan fingerprint density at radius 1 is 1.62 bits per heavy atom. The van der Waals surface area contributed by atoms with Crippen molar-refractivity contribution in [1.29, 1.82) is 0 Å². The number of hydrogen-bond donors (Lipinski definition) is 1. The number of aromatic nitrogens is 1. The minimum absolute atomic E-state index is 0.0801. The van der Waals surface area contributed by atoms with Crippen molar-refractivity contribution >= 4 is 11.3 Å². The molecular formula is C11H16N2O2S. The maximum atomic E-state index is 9.02. The molecule has 5 heteroatoms. The summed E-state index contributed by atoms with van der Waals surface area (Å²) in [5.41, 5.74) is 0. The molecule has 0 aliphatic carbocycles. The fourth-order valence-electron chi connectivity index (χ4n) is 2.51. The lowest BCUT2D eigenvalue weighted by Crippen LogP contribution is -2.42. The van der Waals surface area contributed by atoms with Crippen LogP contribution >= 0.6 is 11.3 Å². The molecule has 0 spiro atoms. The van der Waals surface area contributed by atoms with Crippen LogP contribution in [0.1, 0.15) is 28.8 Å². The highest BCUT2D eigenvalue weighted by atomic mass is 32.1. The number of morpholine rings is 1. The van der Waals surface area contributed by atoms with E-state index in [1.807, 2.05) is 0 Å². The Hall–Kier alpha value is -0.490. The SMILES string of the molecule is OCc1cnc(C2CN3CCCC3CO2)s1. The van der Waals surface area contributed by atoms with Crippen molar-refractivity contribution in [3.8, 4) is 0 Å². The molecule has 2 aliphatic heterocycles. The van der Waals surface area contributed by atoms with E-state index in [1.54, 1.807) is 17.5 Å². The number of nitrogens with zero attached hydrogens (tertiary/aromatic N) is 2. The first kappa shape index (κ1) is 10.7. The monoisotopic (exact) mass is 240 g/mol. The van der Waals surface area contributed by atoms with Gasteiger partial charge in [-0.3, -0.25) is 4.90 Å². The molecule has 0 radical (unpaired) electrons. The average Bonchev–Trinajstić information content (AvgIpc) is 2.96. The van der Waals surface area contributed by atoms with Gasteiger partial charge in [-0.1, -0.05) is 0 Å². The largest absolute Gasteiger partial charge is 0.391 e. The molecule has 1 aromatic rings. The molecule has 16 heavy (non-hydrogen) atoms.